The summed E-state index contributed by atoms with van der Waals surface area (Å²) in [6.45, 7) is 0.215. The number of hydrogen-bond donors (Lipinski definition) is 0. The van der Waals surface area contributed by atoms with Crippen molar-refractivity contribution in [3.05, 3.63) is 47.7 Å². The summed E-state index contributed by atoms with van der Waals surface area (Å²) in [5.74, 6) is 0.339. The lowest BCUT2D eigenvalue weighted by atomic mass is 10.2. The van der Waals surface area contributed by atoms with Gasteiger partial charge in [-0.1, -0.05) is 0 Å². The van der Waals surface area contributed by atoms with Crippen LogP contribution < -0.4 is 4.74 Å². The number of oxazole rings is 1. The summed E-state index contributed by atoms with van der Waals surface area (Å²) in [6.07, 6.45) is 3.14. The number of carbonyl (C=O) groups excluding carboxylic acids is 2. The number of benzene rings is 1. The van der Waals surface area contributed by atoms with Gasteiger partial charge in [-0.05, 0) is 37.1 Å². The predicted octanol–water partition coefficient (Wildman–Crippen LogP) is 2.27. The van der Waals surface area contributed by atoms with Crippen molar-refractivity contribution in [2.45, 2.75) is 25.4 Å². The predicted molar refractivity (Wildman–Crippen MR) is 83.7 cm³/mol. The number of amides is 1. The van der Waals surface area contributed by atoms with Gasteiger partial charge in [0.05, 0.1) is 20.8 Å². The maximum absolute atomic E-state index is 12.8. The zero-order valence-electron chi connectivity index (χ0n) is 13.5. The Morgan fingerprint density at radius 1 is 1.25 bits per heavy atom. The smallest absolute Gasteiger partial charge is 0.360 e. The normalized spacial score (nSPS) is 13.4. The first-order valence-electron chi connectivity index (χ1n) is 7.60. The highest BCUT2D eigenvalue weighted by Gasteiger charge is 2.34. The van der Waals surface area contributed by atoms with E-state index < -0.39 is 5.97 Å². The zero-order chi connectivity index (χ0) is 17.1. The summed E-state index contributed by atoms with van der Waals surface area (Å²) in [5, 5.41) is 0. The molecule has 1 amide bonds. The van der Waals surface area contributed by atoms with Crippen molar-refractivity contribution in [3.8, 4) is 5.75 Å². The first kappa shape index (κ1) is 16.0. The fourth-order valence-corrected chi connectivity index (χ4v) is 2.38. The van der Waals surface area contributed by atoms with Crippen molar-refractivity contribution >= 4 is 11.9 Å². The molecule has 1 aromatic heterocycles. The van der Waals surface area contributed by atoms with Crippen LogP contribution in [0.15, 0.2) is 34.9 Å². The van der Waals surface area contributed by atoms with Crippen LogP contribution in [0.25, 0.3) is 0 Å². The molecule has 0 atom stereocenters. The van der Waals surface area contributed by atoms with Crippen molar-refractivity contribution < 1.29 is 23.5 Å². The van der Waals surface area contributed by atoms with E-state index in [1.165, 1.54) is 13.4 Å². The zero-order valence-corrected chi connectivity index (χ0v) is 13.5. The van der Waals surface area contributed by atoms with E-state index in [-0.39, 0.29) is 24.2 Å². The summed E-state index contributed by atoms with van der Waals surface area (Å²) >= 11 is 0. The van der Waals surface area contributed by atoms with Crippen molar-refractivity contribution in [2.75, 3.05) is 14.2 Å². The molecule has 0 radical (unpaired) electrons. The first-order chi connectivity index (χ1) is 11.6. The SMILES string of the molecule is COC(=O)c1coc(CN(C(=O)c2ccc(OC)cc2)C2CC2)n1. The van der Waals surface area contributed by atoms with E-state index in [4.69, 9.17) is 9.15 Å². The van der Waals surface area contributed by atoms with Crippen LogP contribution in [-0.4, -0.2) is 42.0 Å². The highest BCUT2D eigenvalue weighted by atomic mass is 16.5. The number of hydrogen-bond acceptors (Lipinski definition) is 6. The minimum Gasteiger partial charge on any atom is -0.497 e. The van der Waals surface area contributed by atoms with Gasteiger partial charge in [-0.2, -0.15) is 0 Å². The molecule has 24 heavy (non-hydrogen) atoms. The third-order valence-electron chi connectivity index (χ3n) is 3.84. The molecule has 0 spiro atoms. The topological polar surface area (TPSA) is 81.9 Å². The number of esters is 1. The van der Waals surface area contributed by atoms with Gasteiger partial charge in [-0.3, -0.25) is 4.79 Å². The largest absolute Gasteiger partial charge is 0.497 e. The number of carbonyl (C=O) groups is 2. The Labute approximate surface area is 139 Å². The highest BCUT2D eigenvalue weighted by molar-refractivity contribution is 5.94. The van der Waals surface area contributed by atoms with E-state index in [2.05, 4.69) is 9.72 Å². The van der Waals surface area contributed by atoms with E-state index >= 15 is 0 Å². The third-order valence-corrected chi connectivity index (χ3v) is 3.84. The van der Waals surface area contributed by atoms with Crippen LogP contribution in [0.5, 0.6) is 5.75 Å². The lowest BCUT2D eigenvalue weighted by Crippen LogP contribution is -2.32. The molecule has 3 rings (SSSR count). The summed E-state index contributed by atoms with van der Waals surface area (Å²) in [6, 6.07) is 7.13. The second-order valence-corrected chi connectivity index (χ2v) is 5.51. The molecule has 1 aromatic carbocycles. The monoisotopic (exact) mass is 330 g/mol. The molecule has 126 valence electrons. The minimum absolute atomic E-state index is 0.0974. The molecule has 2 aromatic rings. The van der Waals surface area contributed by atoms with Crippen molar-refractivity contribution in [1.29, 1.82) is 0 Å². The quantitative estimate of drug-likeness (QED) is 0.756. The van der Waals surface area contributed by atoms with E-state index in [1.807, 2.05) is 0 Å². The van der Waals surface area contributed by atoms with Gasteiger partial charge in [0, 0.05) is 11.6 Å². The van der Waals surface area contributed by atoms with E-state index in [1.54, 1.807) is 36.3 Å². The third kappa shape index (κ3) is 3.40. The van der Waals surface area contributed by atoms with Gasteiger partial charge in [0.2, 0.25) is 5.89 Å². The molecule has 0 N–H and O–H groups in total. The Bertz CT molecular complexity index is 734. The van der Waals surface area contributed by atoms with Crippen LogP contribution in [0.4, 0.5) is 0 Å². The van der Waals surface area contributed by atoms with Crippen LogP contribution in [0, 0.1) is 0 Å². The average molecular weight is 330 g/mol. The molecule has 1 heterocycles. The van der Waals surface area contributed by atoms with E-state index in [9.17, 15) is 9.59 Å². The van der Waals surface area contributed by atoms with Crippen LogP contribution in [-0.2, 0) is 11.3 Å². The van der Waals surface area contributed by atoms with Crippen LogP contribution in [0.1, 0.15) is 39.6 Å². The Hall–Kier alpha value is -2.83. The number of rotatable bonds is 6. The Kier molecular flexibility index (Phi) is 4.50. The Balaban J connectivity index is 1.75. The molecule has 0 bridgehead atoms. The molecule has 0 aliphatic heterocycles. The fraction of sp³-hybridized carbons (Fsp3) is 0.353. The maximum Gasteiger partial charge on any atom is 0.360 e. The van der Waals surface area contributed by atoms with E-state index in [0.717, 1.165) is 12.8 Å². The molecule has 1 fully saturated rings. The second-order valence-electron chi connectivity index (χ2n) is 5.51. The van der Waals surface area contributed by atoms with E-state index in [0.29, 0.717) is 17.2 Å². The first-order valence-corrected chi connectivity index (χ1v) is 7.60. The van der Waals surface area contributed by atoms with Gasteiger partial charge in [0.15, 0.2) is 5.69 Å². The van der Waals surface area contributed by atoms with Crippen molar-refractivity contribution in [2.24, 2.45) is 0 Å². The van der Waals surface area contributed by atoms with Gasteiger partial charge in [-0.25, -0.2) is 9.78 Å². The average Bonchev–Trinajstić information content (AvgIpc) is 3.36. The van der Waals surface area contributed by atoms with Crippen molar-refractivity contribution in [3.63, 3.8) is 0 Å². The molecular weight excluding hydrogens is 312 g/mol. The second kappa shape index (κ2) is 6.74. The van der Waals surface area contributed by atoms with Crippen LogP contribution in [0.3, 0.4) is 0 Å². The van der Waals surface area contributed by atoms with Gasteiger partial charge in [0.25, 0.3) is 5.91 Å². The minimum atomic E-state index is -0.565. The number of nitrogens with zero attached hydrogens (tertiary/aromatic N) is 2. The fourth-order valence-electron chi connectivity index (χ4n) is 2.38. The summed E-state index contributed by atoms with van der Waals surface area (Å²) in [7, 11) is 2.86. The van der Waals surface area contributed by atoms with Gasteiger partial charge in [-0.15, -0.1) is 0 Å². The Morgan fingerprint density at radius 3 is 2.54 bits per heavy atom. The van der Waals surface area contributed by atoms with Gasteiger partial charge < -0.3 is 18.8 Å². The van der Waals surface area contributed by atoms with Crippen molar-refractivity contribution in [1.82, 2.24) is 9.88 Å². The Morgan fingerprint density at radius 2 is 1.96 bits per heavy atom. The van der Waals surface area contributed by atoms with Crippen LogP contribution in [0.2, 0.25) is 0 Å². The molecule has 0 unspecified atom stereocenters. The summed E-state index contributed by atoms with van der Waals surface area (Å²) in [4.78, 5) is 30.0. The van der Waals surface area contributed by atoms with Gasteiger partial charge in [0.1, 0.15) is 12.0 Å². The summed E-state index contributed by atoms with van der Waals surface area (Å²) < 4.78 is 15.0. The number of aromatic nitrogens is 1. The maximum atomic E-state index is 12.8. The molecule has 0 saturated heterocycles. The summed E-state index contributed by atoms with van der Waals surface area (Å²) in [5.41, 5.74) is 0.669. The standard InChI is InChI=1S/C17H18N2O5/c1-22-13-7-3-11(4-8-13)16(20)19(12-5-6-12)9-15-18-14(10-24-15)17(21)23-2/h3-4,7-8,10,12H,5-6,9H2,1-2H3. The number of ether oxygens (including phenoxy) is 2. The molecule has 1 saturated carbocycles. The van der Waals surface area contributed by atoms with Crippen LogP contribution >= 0.6 is 0 Å². The number of methoxy groups -OCH3 is 2. The molecule has 7 nitrogen and oxygen atoms in total. The lowest BCUT2D eigenvalue weighted by Gasteiger charge is -2.20. The molecule has 1 aliphatic rings. The highest BCUT2D eigenvalue weighted by Crippen LogP contribution is 2.30. The molecular formula is C17H18N2O5. The lowest BCUT2D eigenvalue weighted by molar-refractivity contribution is 0.0594. The molecule has 1 aliphatic carbocycles. The van der Waals surface area contributed by atoms with Gasteiger partial charge >= 0.3 is 5.97 Å². The molecule has 7 heteroatoms.